The molecule has 4 rings (SSSR count). The van der Waals surface area contributed by atoms with Crippen molar-refractivity contribution in [3.8, 4) is 22.5 Å². The standard InChI is InChI=1S/C21H13ClO2/c22-16-11-12-18-17(13-16)20(23)19(14-7-3-1-4-8-14)21(24-18)15-9-5-2-6-10-15/h1-13H. The van der Waals surface area contributed by atoms with Gasteiger partial charge in [-0.3, -0.25) is 4.79 Å². The second kappa shape index (κ2) is 5.99. The highest BCUT2D eigenvalue weighted by atomic mass is 35.5. The van der Waals surface area contributed by atoms with E-state index < -0.39 is 0 Å². The fourth-order valence-electron chi connectivity index (χ4n) is 2.83. The van der Waals surface area contributed by atoms with Crippen LogP contribution in [-0.4, -0.2) is 0 Å². The molecule has 3 aromatic carbocycles. The Kier molecular flexibility index (Phi) is 3.68. The average Bonchev–Trinajstić information content (AvgIpc) is 2.63. The Hall–Kier alpha value is -2.84. The van der Waals surface area contributed by atoms with Crippen LogP contribution in [0.1, 0.15) is 0 Å². The van der Waals surface area contributed by atoms with E-state index in [0.29, 0.717) is 27.3 Å². The first-order chi connectivity index (χ1) is 11.7. The van der Waals surface area contributed by atoms with E-state index in [0.717, 1.165) is 11.1 Å². The van der Waals surface area contributed by atoms with Crippen molar-refractivity contribution in [2.45, 2.75) is 0 Å². The average molecular weight is 333 g/mol. The van der Waals surface area contributed by atoms with Gasteiger partial charge in [0.25, 0.3) is 0 Å². The van der Waals surface area contributed by atoms with E-state index >= 15 is 0 Å². The summed E-state index contributed by atoms with van der Waals surface area (Å²) in [4.78, 5) is 13.2. The zero-order chi connectivity index (χ0) is 16.5. The van der Waals surface area contributed by atoms with Gasteiger partial charge < -0.3 is 4.42 Å². The molecule has 4 aromatic rings. The maximum atomic E-state index is 13.2. The lowest BCUT2D eigenvalue weighted by molar-refractivity contribution is 0.621. The van der Waals surface area contributed by atoms with E-state index in [1.807, 2.05) is 60.7 Å². The van der Waals surface area contributed by atoms with Crippen molar-refractivity contribution in [2.24, 2.45) is 0 Å². The molecule has 0 N–H and O–H groups in total. The van der Waals surface area contributed by atoms with Gasteiger partial charge in [-0.05, 0) is 23.8 Å². The first-order valence-corrected chi connectivity index (χ1v) is 7.99. The molecule has 0 saturated carbocycles. The number of halogens is 1. The van der Waals surface area contributed by atoms with E-state index in [2.05, 4.69) is 0 Å². The van der Waals surface area contributed by atoms with Gasteiger partial charge in [-0.1, -0.05) is 72.3 Å². The van der Waals surface area contributed by atoms with Crippen LogP contribution >= 0.6 is 11.6 Å². The van der Waals surface area contributed by atoms with Gasteiger partial charge >= 0.3 is 0 Å². The summed E-state index contributed by atoms with van der Waals surface area (Å²) in [6, 6.07) is 24.3. The highest BCUT2D eigenvalue weighted by Gasteiger charge is 2.17. The Morgan fingerprint density at radius 2 is 1.38 bits per heavy atom. The lowest BCUT2D eigenvalue weighted by Crippen LogP contribution is -2.07. The molecule has 1 heterocycles. The van der Waals surface area contributed by atoms with Crippen molar-refractivity contribution in [1.29, 1.82) is 0 Å². The molecule has 116 valence electrons. The van der Waals surface area contributed by atoms with Gasteiger partial charge in [0.1, 0.15) is 11.3 Å². The van der Waals surface area contributed by atoms with Crippen molar-refractivity contribution >= 4 is 22.6 Å². The minimum Gasteiger partial charge on any atom is -0.455 e. The Morgan fingerprint density at radius 1 is 0.750 bits per heavy atom. The van der Waals surface area contributed by atoms with Crippen LogP contribution in [0.4, 0.5) is 0 Å². The first kappa shape index (κ1) is 14.7. The Morgan fingerprint density at radius 3 is 2.04 bits per heavy atom. The molecule has 2 nitrogen and oxygen atoms in total. The zero-order valence-corrected chi connectivity index (χ0v) is 13.5. The van der Waals surface area contributed by atoms with Gasteiger partial charge in [0.05, 0.1) is 10.9 Å². The van der Waals surface area contributed by atoms with E-state index in [1.54, 1.807) is 18.2 Å². The monoisotopic (exact) mass is 332 g/mol. The highest BCUT2D eigenvalue weighted by Crippen LogP contribution is 2.32. The molecule has 0 bridgehead atoms. The van der Waals surface area contributed by atoms with Crippen LogP contribution in [0.15, 0.2) is 88.1 Å². The SMILES string of the molecule is O=c1c(-c2ccccc2)c(-c2ccccc2)oc2ccc(Cl)cc12. The molecule has 0 aliphatic heterocycles. The lowest BCUT2D eigenvalue weighted by Gasteiger charge is -2.10. The van der Waals surface area contributed by atoms with Crippen LogP contribution in [0.25, 0.3) is 33.4 Å². The number of hydrogen-bond acceptors (Lipinski definition) is 2. The smallest absolute Gasteiger partial charge is 0.201 e. The summed E-state index contributed by atoms with van der Waals surface area (Å²) in [5.74, 6) is 0.571. The summed E-state index contributed by atoms with van der Waals surface area (Å²) in [6.45, 7) is 0. The van der Waals surface area contributed by atoms with Crippen LogP contribution in [0.2, 0.25) is 5.02 Å². The predicted octanol–water partition coefficient (Wildman–Crippen LogP) is 5.78. The van der Waals surface area contributed by atoms with Gasteiger partial charge in [-0.2, -0.15) is 0 Å². The van der Waals surface area contributed by atoms with Gasteiger partial charge in [0.15, 0.2) is 0 Å². The Bertz CT molecular complexity index is 1070. The van der Waals surface area contributed by atoms with E-state index in [-0.39, 0.29) is 5.43 Å². The highest BCUT2D eigenvalue weighted by molar-refractivity contribution is 6.31. The van der Waals surface area contributed by atoms with Crippen molar-refractivity contribution in [3.63, 3.8) is 0 Å². The molecule has 1 aromatic heterocycles. The normalized spacial score (nSPS) is 10.9. The molecule has 24 heavy (non-hydrogen) atoms. The lowest BCUT2D eigenvalue weighted by atomic mass is 9.98. The molecule has 0 fully saturated rings. The fraction of sp³-hybridized carbons (Fsp3) is 0. The predicted molar refractivity (Wildman–Crippen MR) is 98.4 cm³/mol. The van der Waals surface area contributed by atoms with Gasteiger partial charge in [0, 0.05) is 10.6 Å². The number of fused-ring (bicyclic) bond motifs is 1. The third-order valence-electron chi connectivity index (χ3n) is 3.95. The number of benzene rings is 3. The molecule has 0 radical (unpaired) electrons. The molecule has 3 heteroatoms. The van der Waals surface area contributed by atoms with Crippen LogP contribution in [0, 0.1) is 0 Å². The number of rotatable bonds is 2. The van der Waals surface area contributed by atoms with Crippen molar-refractivity contribution in [1.82, 2.24) is 0 Å². The molecule has 0 aliphatic carbocycles. The van der Waals surface area contributed by atoms with Crippen molar-refractivity contribution < 1.29 is 4.42 Å². The fourth-order valence-corrected chi connectivity index (χ4v) is 3.00. The molecule has 0 spiro atoms. The van der Waals surface area contributed by atoms with Crippen LogP contribution in [-0.2, 0) is 0 Å². The minimum absolute atomic E-state index is 0.0798. The van der Waals surface area contributed by atoms with Crippen LogP contribution in [0.3, 0.4) is 0 Å². The van der Waals surface area contributed by atoms with Crippen molar-refractivity contribution in [2.75, 3.05) is 0 Å². The van der Waals surface area contributed by atoms with Gasteiger partial charge in [-0.25, -0.2) is 0 Å². The largest absolute Gasteiger partial charge is 0.455 e. The molecule has 0 saturated heterocycles. The van der Waals surface area contributed by atoms with E-state index in [9.17, 15) is 4.79 Å². The molecule has 0 unspecified atom stereocenters. The van der Waals surface area contributed by atoms with Crippen molar-refractivity contribution in [3.05, 3.63) is 94.1 Å². The maximum Gasteiger partial charge on any atom is 0.201 e. The Balaban J connectivity index is 2.14. The molecular formula is C21H13ClO2. The maximum absolute atomic E-state index is 13.2. The summed E-state index contributed by atoms with van der Waals surface area (Å²) in [7, 11) is 0. The second-order valence-corrected chi connectivity index (χ2v) is 5.94. The summed E-state index contributed by atoms with van der Waals surface area (Å²) >= 11 is 6.07. The summed E-state index contributed by atoms with van der Waals surface area (Å²) in [6.07, 6.45) is 0. The van der Waals surface area contributed by atoms with Crippen LogP contribution < -0.4 is 5.43 Å². The molecule has 0 atom stereocenters. The molecule has 0 amide bonds. The topological polar surface area (TPSA) is 30.2 Å². The zero-order valence-electron chi connectivity index (χ0n) is 12.7. The summed E-state index contributed by atoms with van der Waals surface area (Å²) in [5.41, 5.74) is 2.69. The first-order valence-electron chi connectivity index (χ1n) is 7.61. The third-order valence-corrected chi connectivity index (χ3v) is 4.19. The molecule has 0 aliphatic rings. The second-order valence-electron chi connectivity index (χ2n) is 5.51. The van der Waals surface area contributed by atoms with Crippen LogP contribution in [0.5, 0.6) is 0 Å². The quantitative estimate of drug-likeness (QED) is 0.465. The summed E-state index contributed by atoms with van der Waals surface area (Å²) < 4.78 is 6.11. The van der Waals surface area contributed by atoms with Gasteiger partial charge in [-0.15, -0.1) is 0 Å². The molecular weight excluding hydrogens is 320 g/mol. The van der Waals surface area contributed by atoms with Gasteiger partial charge in [0.2, 0.25) is 5.43 Å². The summed E-state index contributed by atoms with van der Waals surface area (Å²) in [5, 5.41) is 1.00. The van der Waals surface area contributed by atoms with E-state index in [1.165, 1.54) is 0 Å². The number of hydrogen-bond donors (Lipinski definition) is 0. The Labute approximate surface area is 143 Å². The van der Waals surface area contributed by atoms with E-state index in [4.69, 9.17) is 16.0 Å². The third kappa shape index (κ3) is 2.51. The minimum atomic E-state index is -0.0798.